The van der Waals surface area contributed by atoms with E-state index in [2.05, 4.69) is 20.9 Å². The number of hydrogen-bond acceptors (Lipinski definition) is 6. The first-order valence-corrected chi connectivity index (χ1v) is 8.01. The number of hydrogen-bond donors (Lipinski definition) is 1. The summed E-state index contributed by atoms with van der Waals surface area (Å²) in [4.78, 5) is 20.6. The third kappa shape index (κ3) is 3.65. The van der Waals surface area contributed by atoms with E-state index in [9.17, 15) is 4.79 Å². The summed E-state index contributed by atoms with van der Waals surface area (Å²) in [5, 5.41) is 0. The molecule has 126 valence electrons. The van der Waals surface area contributed by atoms with Crippen molar-refractivity contribution in [2.24, 2.45) is 0 Å². The second-order valence-corrected chi connectivity index (χ2v) is 5.89. The topological polar surface area (TPSA) is 71.7 Å². The van der Waals surface area contributed by atoms with Gasteiger partial charge in [-0.3, -0.25) is 9.88 Å². The molecular formula is C18H22N4O2. The van der Waals surface area contributed by atoms with Crippen LogP contribution in [0.3, 0.4) is 0 Å². The second-order valence-electron chi connectivity index (χ2n) is 5.89. The second kappa shape index (κ2) is 7.31. The predicted molar refractivity (Wildman–Crippen MR) is 93.9 cm³/mol. The van der Waals surface area contributed by atoms with Crippen LogP contribution in [0.5, 0.6) is 0 Å². The van der Waals surface area contributed by atoms with Crippen LogP contribution >= 0.6 is 0 Å². The van der Waals surface area contributed by atoms with Crippen LogP contribution in [0.25, 0.3) is 0 Å². The summed E-state index contributed by atoms with van der Waals surface area (Å²) in [6, 6.07) is 9.61. The minimum absolute atomic E-state index is 0.399. The van der Waals surface area contributed by atoms with E-state index in [-0.39, 0.29) is 0 Å². The smallest absolute Gasteiger partial charge is 0.340 e. The summed E-state index contributed by atoms with van der Waals surface area (Å²) in [5.74, 6) is -0.399. The van der Waals surface area contributed by atoms with Gasteiger partial charge in [-0.05, 0) is 29.8 Å². The lowest BCUT2D eigenvalue weighted by Gasteiger charge is -2.36. The van der Waals surface area contributed by atoms with Crippen molar-refractivity contribution in [1.82, 2.24) is 9.88 Å². The highest BCUT2D eigenvalue weighted by molar-refractivity contribution is 5.96. The Morgan fingerprint density at radius 3 is 2.71 bits per heavy atom. The minimum Gasteiger partial charge on any atom is -0.465 e. The number of pyridine rings is 1. The first-order valence-electron chi connectivity index (χ1n) is 8.01. The van der Waals surface area contributed by atoms with E-state index >= 15 is 0 Å². The van der Waals surface area contributed by atoms with E-state index in [1.54, 1.807) is 12.3 Å². The molecule has 24 heavy (non-hydrogen) atoms. The maximum absolute atomic E-state index is 11.8. The van der Waals surface area contributed by atoms with Gasteiger partial charge in [0, 0.05) is 56.5 Å². The van der Waals surface area contributed by atoms with Crippen LogP contribution in [0.1, 0.15) is 15.9 Å². The number of anilines is 2. The zero-order chi connectivity index (χ0) is 16.9. The molecule has 0 aliphatic carbocycles. The van der Waals surface area contributed by atoms with Gasteiger partial charge in [0.25, 0.3) is 0 Å². The number of methoxy groups -OCH3 is 1. The summed E-state index contributed by atoms with van der Waals surface area (Å²) >= 11 is 0. The number of esters is 1. The summed E-state index contributed by atoms with van der Waals surface area (Å²) in [6.07, 6.45) is 3.70. The number of rotatable bonds is 4. The van der Waals surface area contributed by atoms with Crippen LogP contribution < -0.4 is 10.6 Å². The molecule has 2 aromatic rings. The molecular weight excluding hydrogens is 304 g/mol. The largest absolute Gasteiger partial charge is 0.465 e. The molecule has 0 radical (unpaired) electrons. The normalized spacial score (nSPS) is 15.3. The molecule has 0 bridgehead atoms. The Hall–Kier alpha value is -2.60. The highest BCUT2D eigenvalue weighted by Crippen LogP contribution is 2.23. The van der Waals surface area contributed by atoms with Crippen molar-refractivity contribution in [3.05, 3.63) is 53.9 Å². The highest BCUT2D eigenvalue weighted by atomic mass is 16.5. The summed E-state index contributed by atoms with van der Waals surface area (Å²) < 4.78 is 4.79. The van der Waals surface area contributed by atoms with Crippen molar-refractivity contribution in [2.45, 2.75) is 6.54 Å². The Morgan fingerprint density at radius 1 is 1.25 bits per heavy atom. The fourth-order valence-corrected chi connectivity index (χ4v) is 2.94. The SMILES string of the molecule is COC(=O)c1cc(N2CCN(Cc3cccnc3)CC2)ccc1N. The van der Waals surface area contributed by atoms with Gasteiger partial charge in [0.2, 0.25) is 0 Å². The van der Waals surface area contributed by atoms with E-state index in [1.165, 1.54) is 12.7 Å². The van der Waals surface area contributed by atoms with Crippen molar-refractivity contribution in [3.63, 3.8) is 0 Å². The van der Waals surface area contributed by atoms with Gasteiger partial charge in [0.15, 0.2) is 0 Å². The van der Waals surface area contributed by atoms with Crippen molar-refractivity contribution < 1.29 is 9.53 Å². The van der Waals surface area contributed by atoms with Gasteiger partial charge in [0.05, 0.1) is 12.7 Å². The summed E-state index contributed by atoms with van der Waals surface area (Å²) in [7, 11) is 1.37. The van der Waals surface area contributed by atoms with E-state index < -0.39 is 5.97 Å². The number of carbonyl (C=O) groups excluding carboxylic acids is 1. The maximum Gasteiger partial charge on any atom is 0.340 e. The lowest BCUT2D eigenvalue weighted by molar-refractivity contribution is 0.0602. The van der Waals surface area contributed by atoms with Gasteiger partial charge in [-0.2, -0.15) is 0 Å². The van der Waals surface area contributed by atoms with E-state index in [1.807, 2.05) is 24.4 Å². The molecule has 1 aliphatic heterocycles. The third-order valence-corrected chi connectivity index (χ3v) is 4.31. The standard InChI is InChI=1S/C18H22N4O2/c1-24-18(23)16-11-15(4-5-17(16)19)22-9-7-21(8-10-22)13-14-3-2-6-20-12-14/h2-6,11-12H,7-10,13,19H2,1H3. The Balaban J connectivity index is 1.63. The zero-order valence-corrected chi connectivity index (χ0v) is 13.8. The summed E-state index contributed by atoms with van der Waals surface area (Å²) in [6.45, 7) is 4.66. The van der Waals surface area contributed by atoms with Gasteiger partial charge >= 0.3 is 5.97 Å². The molecule has 1 aliphatic rings. The number of ether oxygens (including phenoxy) is 1. The van der Waals surface area contributed by atoms with Crippen LogP contribution in [0.15, 0.2) is 42.7 Å². The Kier molecular flexibility index (Phi) is 4.96. The fraction of sp³-hybridized carbons (Fsp3) is 0.333. The molecule has 0 amide bonds. The van der Waals surface area contributed by atoms with Crippen molar-refractivity contribution in [2.75, 3.05) is 43.9 Å². The average Bonchev–Trinajstić information content (AvgIpc) is 2.63. The van der Waals surface area contributed by atoms with E-state index in [0.29, 0.717) is 11.3 Å². The first kappa shape index (κ1) is 16.3. The number of nitrogens with zero attached hydrogens (tertiary/aromatic N) is 3. The minimum atomic E-state index is -0.399. The van der Waals surface area contributed by atoms with Crippen molar-refractivity contribution in [3.8, 4) is 0 Å². The summed E-state index contributed by atoms with van der Waals surface area (Å²) in [5.41, 5.74) is 8.97. The third-order valence-electron chi connectivity index (χ3n) is 4.31. The van der Waals surface area contributed by atoms with Crippen LogP contribution in [-0.2, 0) is 11.3 Å². The molecule has 1 aromatic carbocycles. The van der Waals surface area contributed by atoms with Crippen molar-refractivity contribution in [1.29, 1.82) is 0 Å². The van der Waals surface area contributed by atoms with Crippen molar-refractivity contribution >= 4 is 17.3 Å². The lowest BCUT2D eigenvalue weighted by atomic mass is 10.1. The van der Waals surface area contributed by atoms with E-state index in [0.717, 1.165) is 38.4 Å². The molecule has 2 N–H and O–H groups in total. The molecule has 0 atom stereocenters. The molecule has 3 rings (SSSR count). The number of piperazine rings is 1. The average molecular weight is 326 g/mol. The Labute approximate surface area is 141 Å². The monoisotopic (exact) mass is 326 g/mol. The molecule has 6 nitrogen and oxygen atoms in total. The van der Waals surface area contributed by atoms with Gasteiger partial charge in [0.1, 0.15) is 0 Å². The molecule has 2 heterocycles. The predicted octanol–water partition coefficient (Wildman–Crippen LogP) is 1.77. The van der Waals surface area contributed by atoms with Crippen LogP contribution in [-0.4, -0.2) is 49.1 Å². The lowest BCUT2D eigenvalue weighted by Crippen LogP contribution is -2.46. The molecule has 0 unspecified atom stereocenters. The Morgan fingerprint density at radius 2 is 2.04 bits per heavy atom. The highest BCUT2D eigenvalue weighted by Gasteiger charge is 2.19. The number of nitrogen functional groups attached to an aromatic ring is 1. The van der Waals surface area contributed by atoms with Crippen LogP contribution in [0.2, 0.25) is 0 Å². The van der Waals surface area contributed by atoms with Crippen LogP contribution in [0.4, 0.5) is 11.4 Å². The zero-order valence-electron chi connectivity index (χ0n) is 13.8. The fourth-order valence-electron chi connectivity index (χ4n) is 2.94. The molecule has 6 heteroatoms. The van der Waals surface area contributed by atoms with E-state index in [4.69, 9.17) is 10.5 Å². The van der Waals surface area contributed by atoms with Gasteiger partial charge < -0.3 is 15.4 Å². The molecule has 1 saturated heterocycles. The Bertz CT molecular complexity index is 697. The molecule has 0 saturated carbocycles. The molecule has 1 fully saturated rings. The molecule has 0 spiro atoms. The number of benzene rings is 1. The van der Waals surface area contributed by atoms with Crippen LogP contribution in [0, 0.1) is 0 Å². The first-order chi connectivity index (χ1) is 11.7. The van der Waals surface area contributed by atoms with Gasteiger partial charge in [-0.25, -0.2) is 4.79 Å². The number of carbonyl (C=O) groups is 1. The van der Waals surface area contributed by atoms with Gasteiger partial charge in [-0.1, -0.05) is 6.07 Å². The number of nitrogens with two attached hydrogens (primary N) is 1. The molecule has 1 aromatic heterocycles. The maximum atomic E-state index is 11.8. The quantitative estimate of drug-likeness (QED) is 0.682. The number of aromatic nitrogens is 1. The van der Waals surface area contributed by atoms with Gasteiger partial charge in [-0.15, -0.1) is 0 Å².